The molecule has 22 heavy (non-hydrogen) atoms. The highest BCUT2D eigenvalue weighted by Gasteiger charge is 2.10. The lowest BCUT2D eigenvalue weighted by atomic mass is 10.1. The second kappa shape index (κ2) is 6.60. The summed E-state index contributed by atoms with van der Waals surface area (Å²) in [5, 5.41) is 3.17. The number of benzene rings is 1. The Balaban J connectivity index is 1.64. The average Bonchev–Trinajstić information content (AvgIpc) is 3.01. The van der Waals surface area contributed by atoms with E-state index in [4.69, 9.17) is 5.73 Å². The lowest BCUT2D eigenvalue weighted by molar-refractivity contribution is 0.912. The molecule has 0 radical (unpaired) electrons. The van der Waals surface area contributed by atoms with Gasteiger partial charge in [-0.15, -0.1) is 0 Å². The van der Waals surface area contributed by atoms with Gasteiger partial charge in [-0.3, -0.25) is 4.98 Å². The van der Waals surface area contributed by atoms with Crippen LogP contribution in [-0.2, 0) is 25.8 Å². The molecule has 0 aliphatic heterocycles. The Labute approximate surface area is 131 Å². The minimum atomic E-state index is 0.432. The maximum absolute atomic E-state index is 5.98. The largest absolute Gasteiger partial charge is 0.370 e. The first kappa shape index (κ1) is 14.6. The first-order valence-electron chi connectivity index (χ1n) is 7.87. The molecule has 4 heteroatoms. The lowest BCUT2D eigenvalue weighted by Crippen LogP contribution is -2.22. The first-order chi connectivity index (χ1) is 10.7. The molecule has 0 amide bonds. The fraction of sp³-hybridized carbons (Fsp3) is 0.333. The first-order valence-corrected chi connectivity index (χ1v) is 7.87. The Bertz CT molecular complexity index is 691. The Morgan fingerprint density at radius 2 is 2.09 bits per heavy atom. The van der Waals surface area contributed by atoms with Gasteiger partial charge in [0.05, 0.1) is 12.2 Å². The Hall–Kier alpha value is -2.36. The zero-order valence-electron chi connectivity index (χ0n) is 13.0. The normalized spacial score (nSPS) is 14.0. The van der Waals surface area contributed by atoms with E-state index in [2.05, 4.69) is 46.5 Å². The molecule has 114 valence electrons. The number of hydrogen-bond donors (Lipinski definition) is 2. The van der Waals surface area contributed by atoms with Crippen LogP contribution in [0.25, 0.3) is 0 Å². The summed E-state index contributed by atoms with van der Waals surface area (Å²) in [5.74, 6) is 0.432. The van der Waals surface area contributed by atoms with Crippen LogP contribution in [0.2, 0.25) is 0 Å². The zero-order valence-corrected chi connectivity index (χ0v) is 13.0. The van der Waals surface area contributed by atoms with E-state index >= 15 is 0 Å². The molecule has 3 N–H and O–H groups in total. The second-order valence-corrected chi connectivity index (χ2v) is 5.67. The van der Waals surface area contributed by atoms with E-state index in [0.717, 1.165) is 24.2 Å². The van der Waals surface area contributed by atoms with Gasteiger partial charge >= 0.3 is 0 Å². The number of aryl methyl sites for hydroxylation is 3. The van der Waals surface area contributed by atoms with Crippen LogP contribution >= 0.6 is 0 Å². The fourth-order valence-corrected chi connectivity index (χ4v) is 2.84. The van der Waals surface area contributed by atoms with E-state index in [9.17, 15) is 0 Å². The van der Waals surface area contributed by atoms with E-state index in [1.54, 1.807) is 0 Å². The molecular formula is C18H22N4. The zero-order chi connectivity index (χ0) is 15.4. The maximum Gasteiger partial charge on any atom is 0.193 e. The van der Waals surface area contributed by atoms with E-state index in [1.807, 2.05) is 12.3 Å². The van der Waals surface area contributed by atoms with Gasteiger partial charge in [0.15, 0.2) is 5.96 Å². The van der Waals surface area contributed by atoms with Crippen molar-refractivity contribution in [2.24, 2.45) is 10.7 Å². The van der Waals surface area contributed by atoms with Crippen molar-refractivity contribution >= 4 is 11.6 Å². The highest BCUT2D eigenvalue weighted by Crippen LogP contribution is 2.24. The number of rotatable bonds is 4. The van der Waals surface area contributed by atoms with Gasteiger partial charge in [-0.25, -0.2) is 4.99 Å². The van der Waals surface area contributed by atoms with Crippen LogP contribution in [0, 0.1) is 0 Å². The Morgan fingerprint density at radius 1 is 1.23 bits per heavy atom. The number of guanidine groups is 1. The molecule has 1 aliphatic rings. The summed E-state index contributed by atoms with van der Waals surface area (Å²) in [4.78, 5) is 8.70. The Morgan fingerprint density at radius 3 is 2.95 bits per heavy atom. The minimum Gasteiger partial charge on any atom is -0.370 e. The van der Waals surface area contributed by atoms with Crippen LogP contribution in [0.1, 0.15) is 35.7 Å². The molecule has 0 fully saturated rings. The number of pyridine rings is 1. The fourth-order valence-electron chi connectivity index (χ4n) is 2.84. The number of aromatic nitrogens is 1. The van der Waals surface area contributed by atoms with Crippen molar-refractivity contribution < 1.29 is 0 Å². The molecule has 0 spiro atoms. The molecule has 1 aliphatic carbocycles. The van der Waals surface area contributed by atoms with Crippen molar-refractivity contribution in [1.82, 2.24) is 4.98 Å². The second-order valence-electron chi connectivity index (χ2n) is 5.67. The number of aliphatic imine (C=N–C) groups is 1. The van der Waals surface area contributed by atoms with Gasteiger partial charge in [0, 0.05) is 11.9 Å². The summed E-state index contributed by atoms with van der Waals surface area (Å²) in [6, 6.07) is 10.5. The molecule has 4 nitrogen and oxygen atoms in total. The van der Waals surface area contributed by atoms with Crippen LogP contribution in [0.4, 0.5) is 5.69 Å². The van der Waals surface area contributed by atoms with Gasteiger partial charge in [-0.05, 0) is 66.6 Å². The number of fused-ring (bicyclic) bond motifs is 1. The van der Waals surface area contributed by atoms with Crippen LogP contribution in [0.5, 0.6) is 0 Å². The number of nitrogens with zero attached hydrogens (tertiary/aromatic N) is 2. The maximum atomic E-state index is 5.98. The number of anilines is 1. The van der Waals surface area contributed by atoms with Crippen LogP contribution in [-0.4, -0.2) is 10.9 Å². The van der Waals surface area contributed by atoms with Crippen molar-refractivity contribution in [3.8, 4) is 0 Å². The topological polar surface area (TPSA) is 63.3 Å². The number of nitrogens with two attached hydrogens (primary N) is 1. The van der Waals surface area contributed by atoms with Crippen LogP contribution < -0.4 is 11.1 Å². The molecule has 0 saturated carbocycles. The van der Waals surface area contributed by atoms with Gasteiger partial charge < -0.3 is 11.1 Å². The molecule has 0 saturated heterocycles. The molecule has 3 rings (SSSR count). The van der Waals surface area contributed by atoms with E-state index in [-0.39, 0.29) is 0 Å². The summed E-state index contributed by atoms with van der Waals surface area (Å²) in [5.41, 5.74) is 12.1. The van der Waals surface area contributed by atoms with Gasteiger partial charge in [-0.1, -0.05) is 13.0 Å². The SMILES string of the molecule is CCc1ccnc(CN=C(N)Nc2ccc3c(c2)CCC3)c1. The molecule has 0 unspecified atom stereocenters. The Kier molecular flexibility index (Phi) is 4.37. The predicted octanol–water partition coefficient (Wildman–Crippen LogP) is 3.06. The summed E-state index contributed by atoms with van der Waals surface area (Å²) in [6.07, 6.45) is 6.44. The molecular weight excluding hydrogens is 272 g/mol. The van der Waals surface area contributed by atoms with Gasteiger partial charge in [0.1, 0.15) is 0 Å². The molecule has 0 atom stereocenters. The summed E-state index contributed by atoms with van der Waals surface area (Å²) in [7, 11) is 0. The van der Waals surface area contributed by atoms with Gasteiger partial charge in [-0.2, -0.15) is 0 Å². The molecule has 2 aromatic rings. The van der Waals surface area contributed by atoms with Crippen LogP contribution in [0.15, 0.2) is 41.5 Å². The van der Waals surface area contributed by atoms with E-state index in [1.165, 1.54) is 29.5 Å². The van der Waals surface area contributed by atoms with Crippen molar-refractivity contribution in [3.63, 3.8) is 0 Å². The summed E-state index contributed by atoms with van der Waals surface area (Å²) in [6.45, 7) is 2.63. The van der Waals surface area contributed by atoms with Crippen LogP contribution in [0.3, 0.4) is 0 Å². The molecule has 1 aromatic heterocycles. The van der Waals surface area contributed by atoms with E-state index < -0.39 is 0 Å². The van der Waals surface area contributed by atoms with Crippen molar-refractivity contribution in [1.29, 1.82) is 0 Å². The quantitative estimate of drug-likeness (QED) is 0.673. The summed E-state index contributed by atoms with van der Waals surface area (Å²) < 4.78 is 0. The highest BCUT2D eigenvalue weighted by atomic mass is 15.1. The standard InChI is InChI=1S/C18H22N4/c1-2-13-8-9-20-17(10-13)12-21-18(19)22-16-7-6-14-4-3-5-15(14)11-16/h6-11H,2-5,12H2,1H3,(H3,19,21,22). The monoisotopic (exact) mass is 294 g/mol. The third kappa shape index (κ3) is 3.45. The van der Waals surface area contributed by atoms with Gasteiger partial charge in [0.2, 0.25) is 0 Å². The molecule has 1 aromatic carbocycles. The molecule has 1 heterocycles. The number of nitrogens with one attached hydrogen (secondary N) is 1. The van der Waals surface area contributed by atoms with Crippen molar-refractivity contribution in [2.75, 3.05) is 5.32 Å². The lowest BCUT2D eigenvalue weighted by Gasteiger charge is -2.08. The minimum absolute atomic E-state index is 0.432. The van der Waals surface area contributed by atoms with Crippen molar-refractivity contribution in [3.05, 3.63) is 58.9 Å². The smallest absolute Gasteiger partial charge is 0.193 e. The third-order valence-electron chi connectivity index (χ3n) is 4.07. The molecule has 0 bridgehead atoms. The highest BCUT2D eigenvalue weighted by molar-refractivity contribution is 5.92. The van der Waals surface area contributed by atoms with Gasteiger partial charge in [0.25, 0.3) is 0 Å². The van der Waals surface area contributed by atoms with E-state index in [0.29, 0.717) is 12.5 Å². The number of hydrogen-bond acceptors (Lipinski definition) is 2. The third-order valence-corrected chi connectivity index (χ3v) is 4.07. The predicted molar refractivity (Wildman–Crippen MR) is 91.0 cm³/mol. The average molecular weight is 294 g/mol. The summed E-state index contributed by atoms with van der Waals surface area (Å²) >= 11 is 0. The van der Waals surface area contributed by atoms with Crippen molar-refractivity contribution in [2.45, 2.75) is 39.2 Å².